The molecule has 1 N–H and O–H groups in total. The molecular weight excluding hydrogens is 376 g/mol. The molecule has 160 valence electrons. The van der Waals surface area contributed by atoms with Gasteiger partial charge in [0.05, 0.1) is 12.8 Å². The third-order valence-electron chi connectivity index (χ3n) is 5.73. The van der Waals surface area contributed by atoms with E-state index in [9.17, 15) is 9.59 Å². The molecule has 0 radical (unpaired) electrons. The minimum absolute atomic E-state index is 0.00867. The first-order chi connectivity index (χ1) is 14.4. The highest BCUT2D eigenvalue weighted by Gasteiger charge is 2.27. The summed E-state index contributed by atoms with van der Waals surface area (Å²) in [6, 6.07) is 8.12. The van der Waals surface area contributed by atoms with Gasteiger partial charge in [-0.15, -0.1) is 0 Å². The van der Waals surface area contributed by atoms with Crippen LogP contribution in [0.3, 0.4) is 0 Å². The number of aryl methyl sites for hydroxylation is 3. The van der Waals surface area contributed by atoms with Crippen LogP contribution < -0.4 is 5.32 Å². The topological polar surface area (TPSA) is 75.2 Å². The van der Waals surface area contributed by atoms with E-state index in [1.165, 1.54) is 5.56 Å². The Morgan fingerprint density at radius 2 is 1.87 bits per heavy atom. The Hall–Kier alpha value is -2.76. The Bertz CT molecular complexity index is 902. The highest BCUT2D eigenvalue weighted by Crippen LogP contribution is 2.26. The molecular formula is C24H32N4O2. The van der Waals surface area contributed by atoms with Crippen LogP contribution in [0.5, 0.6) is 0 Å². The van der Waals surface area contributed by atoms with Crippen LogP contribution in [0, 0.1) is 20.8 Å². The van der Waals surface area contributed by atoms with Gasteiger partial charge in [-0.3, -0.25) is 9.59 Å². The molecule has 1 aliphatic heterocycles. The first-order valence-electron chi connectivity index (χ1n) is 10.8. The van der Waals surface area contributed by atoms with E-state index in [0.29, 0.717) is 25.9 Å². The van der Waals surface area contributed by atoms with Crippen LogP contribution in [0.25, 0.3) is 0 Å². The molecule has 2 amide bonds. The summed E-state index contributed by atoms with van der Waals surface area (Å²) in [5.41, 5.74) is 4.83. The lowest BCUT2D eigenvalue weighted by Gasteiger charge is -2.32. The minimum atomic E-state index is -0.00867. The number of piperidine rings is 1. The number of aromatic nitrogens is 2. The van der Waals surface area contributed by atoms with Crippen molar-refractivity contribution in [2.24, 2.45) is 0 Å². The zero-order chi connectivity index (χ0) is 21.7. The number of rotatable bonds is 6. The Labute approximate surface area is 179 Å². The van der Waals surface area contributed by atoms with Crippen LogP contribution in [0.15, 0.2) is 24.3 Å². The Kier molecular flexibility index (Phi) is 7.19. The molecule has 0 aliphatic carbocycles. The maximum absolute atomic E-state index is 12.9. The first-order valence-corrected chi connectivity index (χ1v) is 10.8. The van der Waals surface area contributed by atoms with Crippen molar-refractivity contribution in [1.82, 2.24) is 20.2 Å². The van der Waals surface area contributed by atoms with Gasteiger partial charge in [0.2, 0.25) is 11.8 Å². The van der Waals surface area contributed by atoms with Crippen molar-refractivity contribution in [3.63, 3.8) is 0 Å². The maximum Gasteiger partial charge on any atom is 0.227 e. The molecule has 0 saturated carbocycles. The minimum Gasteiger partial charge on any atom is -0.356 e. The second-order valence-electron chi connectivity index (χ2n) is 8.21. The van der Waals surface area contributed by atoms with Crippen molar-refractivity contribution >= 4 is 11.8 Å². The normalized spacial score (nSPS) is 16.4. The smallest absolute Gasteiger partial charge is 0.227 e. The van der Waals surface area contributed by atoms with Crippen LogP contribution in [-0.2, 0) is 22.4 Å². The van der Waals surface area contributed by atoms with E-state index in [-0.39, 0.29) is 17.7 Å². The largest absolute Gasteiger partial charge is 0.356 e. The summed E-state index contributed by atoms with van der Waals surface area (Å²) in [5.74, 6) is 1.08. The van der Waals surface area contributed by atoms with Crippen LogP contribution >= 0.6 is 0 Å². The molecule has 2 aromatic rings. The van der Waals surface area contributed by atoms with Gasteiger partial charge >= 0.3 is 0 Å². The van der Waals surface area contributed by atoms with E-state index in [1.54, 1.807) is 0 Å². The summed E-state index contributed by atoms with van der Waals surface area (Å²) < 4.78 is 0. The van der Waals surface area contributed by atoms with Crippen molar-refractivity contribution in [2.75, 3.05) is 19.6 Å². The quantitative estimate of drug-likeness (QED) is 0.797. The number of likely N-dealkylation sites (tertiary alicyclic amines) is 1. The van der Waals surface area contributed by atoms with Crippen LogP contribution in [0.2, 0.25) is 0 Å². The summed E-state index contributed by atoms with van der Waals surface area (Å²) in [4.78, 5) is 36.3. The van der Waals surface area contributed by atoms with Crippen LogP contribution in [-0.4, -0.2) is 46.3 Å². The Morgan fingerprint density at radius 3 is 2.53 bits per heavy atom. The lowest BCUT2D eigenvalue weighted by Crippen LogP contribution is -2.40. The van der Waals surface area contributed by atoms with Gasteiger partial charge in [-0.1, -0.05) is 29.8 Å². The molecule has 1 saturated heterocycles. The van der Waals surface area contributed by atoms with Crippen LogP contribution in [0.1, 0.15) is 59.6 Å². The van der Waals surface area contributed by atoms with Gasteiger partial charge < -0.3 is 10.2 Å². The van der Waals surface area contributed by atoms with Gasteiger partial charge in [0, 0.05) is 42.5 Å². The van der Waals surface area contributed by atoms with E-state index in [0.717, 1.165) is 47.7 Å². The molecule has 6 nitrogen and oxygen atoms in total. The standard InChI is InChI=1S/C24H32N4O2/c1-5-25-22(29)14-21-17(3)26-24(27-18(21)4)20-10-7-11-28(15-20)23(30)13-19-9-6-8-16(2)12-19/h6,8-9,12,20H,5,7,10-11,13-15H2,1-4H3,(H,25,29)/t20-/m0/s1. The lowest BCUT2D eigenvalue weighted by molar-refractivity contribution is -0.131. The molecule has 2 heterocycles. The predicted octanol–water partition coefficient (Wildman–Crippen LogP) is 3.03. The number of likely N-dealkylation sites (N-methyl/N-ethyl adjacent to an activating group) is 1. The van der Waals surface area contributed by atoms with Crippen molar-refractivity contribution in [1.29, 1.82) is 0 Å². The first kappa shape index (κ1) is 21.9. The van der Waals surface area contributed by atoms with Crippen molar-refractivity contribution in [3.8, 4) is 0 Å². The molecule has 30 heavy (non-hydrogen) atoms. The van der Waals surface area contributed by atoms with Crippen molar-refractivity contribution in [2.45, 2.75) is 59.3 Å². The molecule has 1 aromatic heterocycles. The third kappa shape index (κ3) is 5.43. The molecule has 0 spiro atoms. The molecule has 6 heteroatoms. The number of nitrogens with zero attached hydrogens (tertiary/aromatic N) is 3. The average Bonchev–Trinajstić information content (AvgIpc) is 2.71. The van der Waals surface area contributed by atoms with E-state index in [1.807, 2.05) is 50.8 Å². The SMILES string of the molecule is CCNC(=O)Cc1c(C)nc([C@H]2CCCN(C(=O)Cc3cccc(C)c3)C2)nc1C. The van der Waals surface area contributed by atoms with Gasteiger partial charge in [0.1, 0.15) is 5.82 Å². The molecule has 0 bridgehead atoms. The highest BCUT2D eigenvalue weighted by molar-refractivity contribution is 5.79. The number of amides is 2. The number of nitrogens with one attached hydrogen (secondary N) is 1. The van der Waals surface area contributed by atoms with E-state index < -0.39 is 0 Å². The monoisotopic (exact) mass is 408 g/mol. The summed E-state index contributed by atoms with van der Waals surface area (Å²) in [5, 5.41) is 2.83. The maximum atomic E-state index is 12.9. The second kappa shape index (κ2) is 9.83. The number of benzene rings is 1. The summed E-state index contributed by atoms with van der Waals surface area (Å²) in [6.45, 7) is 9.89. The Balaban J connectivity index is 1.70. The fraction of sp³-hybridized carbons (Fsp3) is 0.500. The molecule has 1 atom stereocenters. The zero-order valence-electron chi connectivity index (χ0n) is 18.5. The van der Waals surface area contributed by atoms with Gasteiger partial charge in [0.25, 0.3) is 0 Å². The predicted molar refractivity (Wildman–Crippen MR) is 117 cm³/mol. The number of hydrogen-bond donors (Lipinski definition) is 1. The summed E-state index contributed by atoms with van der Waals surface area (Å²) >= 11 is 0. The van der Waals surface area contributed by atoms with E-state index >= 15 is 0 Å². The molecule has 1 aliphatic rings. The molecule has 3 rings (SSSR count). The number of hydrogen-bond acceptors (Lipinski definition) is 4. The Morgan fingerprint density at radius 1 is 1.13 bits per heavy atom. The van der Waals surface area contributed by atoms with Crippen molar-refractivity contribution in [3.05, 3.63) is 58.2 Å². The van der Waals surface area contributed by atoms with E-state index in [4.69, 9.17) is 9.97 Å². The second-order valence-corrected chi connectivity index (χ2v) is 8.21. The third-order valence-corrected chi connectivity index (χ3v) is 5.73. The number of carbonyl (C=O) groups excluding carboxylic acids is 2. The molecule has 1 aromatic carbocycles. The zero-order valence-corrected chi connectivity index (χ0v) is 18.5. The summed E-state index contributed by atoms with van der Waals surface area (Å²) in [6.07, 6.45) is 2.66. The van der Waals surface area contributed by atoms with Gasteiger partial charge in [-0.25, -0.2) is 9.97 Å². The molecule has 0 unspecified atom stereocenters. The highest BCUT2D eigenvalue weighted by atomic mass is 16.2. The van der Waals surface area contributed by atoms with E-state index in [2.05, 4.69) is 11.4 Å². The lowest BCUT2D eigenvalue weighted by atomic mass is 9.95. The van der Waals surface area contributed by atoms with Gasteiger partial charge in [-0.05, 0) is 46.1 Å². The van der Waals surface area contributed by atoms with Crippen LogP contribution in [0.4, 0.5) is 0 Å². The fourth-order valence-corrected chi connectivity index (χ4v) is 4.15. The van der Waals surface area contributed by atoms with Gasteiger partial charge in [-0.2, -0.15) is 0 Å². The van der Waals surface area contributed by atoms with Gasteiger partial charge in [0.15, 0.2) is 0 Å². The molecule has 1 fully saturated rings. The average molecular weight is 409 g/mol. The van der Waals surface area contributed by atoms with Crippen molar-refractivity contribution < 1.29 is 9.59 Å². The summed E-state index contributed by atoms with van der Waals surface area (Å²) in [7, 11) is 0. The fourth-order valence-electron chi connectivity index (χ4n) is 4.15. The number of carbonyl (C=O) groups is 2.